The molecule has 0 N–H and O–H groups in total. The summed E-state index contributed by atoms with van der Waals surface area (Å²) in [4.78, 5) is 8.63. The molecule has 0 aliphatic heterocycles. The summed E-state index contributed by atoms with van der Waals surface area (Å²) in [6.07, 6.45) is 5.60. The first-order valence-corrected chi connectivity index (χ1v) is 6.00. The highest BCUT2D eigenvalue weighted by molar-refractivity contribution is 6.29. The van der Waals surface area contributed by atoms with Crippen LogP contribution in [0.4, 0.5) is 0 Å². The van der Waals surface area contributed by atoms with Gasteiger partial charge in [0, 0.05) is 6.07 Å². The molecule has 0 amide bonds. The first-order valence-electron chi connectivity index (χ1n) is 5.62. The van der Waals surface area contributed by atoms with Crippen molar-refractivity contribution in [2.45, 2.75) is 6.92 Å². The molecule has 0 spiro atoms. The maximum absolute atomic E-state index is 5.94. The molecule has 0 aliphatic carbocycles. The van der Waals surface area contributed by atoms with Crippen molar-refractivity contribution < 1.29 is 4.57 Å². The molecule has 0 saturated carbocycles. The summed E-state index contributed by atoms with van der Waals surface area (Å²) >= 11 is 5.94. The number of hydrogen-bond acceptors (Lipinski definition) is 2. The summed E-state index contributed by atoms with van der Waals surface area (Å²) in [6.45, 7) is 1.93. The van der Waals surface area contributed by atoms with E-state index in [0.717, 1.165) is 22.7 Å². The van der Waals surface area contributed by atoms with Crippen molar-refractivity contribution in [3.8, 4) is 11.4 Å². The summed E-state index contributed by atoms with van der Waals surface area (Å²) < 4.78 is 4.13. The lowest BCUT2D eigenvalue weighted by Crippen LogP contribution is -2.25. The standard InChI is InChI=1S/C13H12ClN4/c1-9-13(16-11(14)7-15-9)10-8-17(2)12-5-3-4-6-18(10)12/h3-8H,1-2H3/q+1. The molecule has 3 aromatic rings. The molecule has 0 fully saturated rings. The molecule has 18 heavy (non-hydrogen) atoms. The number of rotatable bonds is 1. The molecule has 0 aromatic carbocycles. The zero-order chi connectivity index (χ0) is 12.7. The van der Waals surface area contributed by atoms with E-state index in [-0.39, 0.29) is 0 Å². The van der Waals surface area contributed by atoms with E-state index in [4.69, 9.17) is 11.6 Å². The largest absolute Gasteiger partial charge is 0.286 e. The highest BCUT2D eigenvalue weighted by atomic mass is 35.5. The van der Waals surface area contributed by atoms with Crippen LogP contribution in [0.2, 0.25) is 5.15 Å². The second-order valence-electron chi connectivity index (χ2n) is 4.18. The lowest BCUT2D eigenvalue weighted by atomic mass is 10.2. The van der Waals surface area contributed by atoms with Crippen molar-refractivity contribution in [1.29, 1.82) is 0 Å². The van der Waals surface area contributed by atoms with Crippen LogP contribution in [0, 0.1) is 6.92 Å². The summed E-state index contributed by atoms with van der Waals surface area (Å²) in [7, 11) is 2.01. The molecule has 0 radical (unpaired) electrons. The van der Waals surface area contributed by atoms with E-state index < -0.39 is 0 Å². The minimum atomic E-state index is 0.407. The topological polar surface area (TPSA) is 34.1 Å². The number of hydrogen-bond donors (Lipinski definition) is 0. The number of aromatic nitrogens is 4. The van der Waals surface area contributed by atoms with Gasteiger partial charge < -0.3 is 0 Å². The molecule has 3 aromatic heterocycles. The molecule has 0 atom stereocenters. The number of nitrogens with zero attached hydrogens (tertiary/aromatic N) is 4. The number of halogens is 1. The Morgan fingerprint density at radius 2 is 2.17 bits per heavy atom. The summed E-state index contributed by atoms with van der Waals surface area (Å²) in [5, 5.41) is 0.407. The molecule has 0 saturated heterocycles. The lowest BCUT2D eigenvalue weighted by Gasteiger charge is -2.00. The highest BCUT2D eigenvalue weighted by Gasteiger charge is 2.19. The Kier molecular flexibility index (Phi) is 2.52. The Morgan fingerprint density at radius 3 is 3.00 bits per heavy atom. The Balaban J connectivity index is 2.35. The highest BCUT2D eigenvalue weighted by Crippen LogP contribution is 2.21. The fraction of sp³-hybridized carbons (Fsp3) is 0.154. The molecular weight excluding hydrogens is 248 g/mol. The predicted octanol–water partition coefficient (Wildman–Crippen LogP) is 2.18. The molecule has 0 bridgehead atoms. The van der Waals surface area contributed by atoms with E-state index in [2.05, 4.69) is 25.0 Å². The average Bonchev–Trinajstić information content (AvgIpc) is 2.71. The van der Waals surface area contributed by atoms with Crippen molar-refractivity contribution in [1.82, 2.24) is 14.4 Å². The Hall–Kier alpha value is -1.94. The van der Waals surface area contributed by atoms with Crippen molar-refractivity contribution in [3.63, 3.8) is 0 Å². The van der Waals surface area contributed by atoms with E-state index in [1.54, 1.807) is 6.20 Å². The van der Waals surface area contributed by atoms with E-state index >= 15 is 0 Å². The minimum absolute atomic E-state index is 0.407. The normalized spacial score (nSPS) is 11.1. The molecule has 90 valence electrons. The van der Waals surface area contributed by atoms with Gasteiger partial charge in [0.25, 0.3) is 5.65 Å². The molecular formula is C13H12ClN4+. The third kappa shape index (κ3) is 1.66. The second-order valence-corrected chi connectivity index (χ2v) is 4.57. The van der Waals surface area contributed by atoms with E-state index in [1.165, 1.54) is 0 Å². The van der Waals surface area contributed by atoms with Crippen LogP contribution >= 0.6 is 11.6 Å². The van der Waals surface area contributed by atoms with Gasteiger partial charge in [-0.25, -0.2) is 9.55 Å². The van der Waals surface area contributed by atoms with Crippen LogP contribution in [0.3, 0.4) is 0 Å². The van der Waals surface area contributed by atoms with E-state index in [0.29, 0.717) is 5.15 Å². The van der Waals surface area contributed by atoms with Gasteiger partial charge >= 0.3 is 0 Å². The SMILES string of the molecule is Cc1ncc(Cl)nc1-c1c[n+](C)c2ccccn12. The van der Waals surface area contributed by atoms with Crippen LogP contribution in [0.25, 0.3) is 17.0 Å². The number of pyridine rings is 1. The van der Waals surface area contributed by atoms with Crippen LogP contribution in [0.1, 0.15) is 5.69 Å². The van der Waals surface area contributed by atoms with E-state index in [1.807, 2.05) is 38.5 Å². The Labute approximate surface area is 110 Å². The van der Waals surface area contributed by atoms with Gasteiger partial charge in [-0.15, -0.1) is 0 Å². The van der Waals surface area contributed by atoms with Gasteiger partial charge in [-0.2, -0.15) is 4.40 Å². The molecule has 3 heterocycles. The van der Waals surface area contributed by atoms with Crippen molar-refractivity contribution in [2.24, 2.45) is 7.05 Å². The van der Waals surface area contributed by atoms with Crippen LogP contribution < -0.4 is 4.57 Å². The van der Waals surface area contributed by atoms with Crippen molar-refractivity contribution in [3.05, 3.63) is 47.6 Å². The Bertz CT molecular complexity index is 733. The number of imidazole rings is 1. The number of aryl methyl sites for hydroxylation is 2. The summed E-state index contributed by atoms with van der Waals surface area (Å²) in [5.74, 6) is 0. The number of fused-ring (bicyclic) bond motifs is 1. The van der Waals surface area contributed by atoms with Gasteiger partial charge in [0.2, 0.25) is 0 Å². The third-order valence-corrected chi connectivity index (χ3v) is 3.13. The van der Waals surface area contributed by atoms with E-state index in [9.17, 15) is 0 Å². The first-order chi connectivity index (χ1) is 8.66. The van der Waals surface area contributed by atoms with Gasteiger partial charge in [0.1, 0.15) is 17.0 Å². The van der Waals surface area contributed by atoms with Crippen molar-refractivity contribution >= 4 is 17.2 Å². The fourth-order valence-electron chi connectivity index (χ4n) is 2.08. The average molecular weight is 260 g/mol. The van der Waals surface area contributed by atoms with Crippen molar-refractivity contribution in [2.75, 3.05) is 0 Å². The zero-order valence-corrected chi connectivity index (χ0v) is 10.9. The first kappa shape index (κ1) is 11.2. The smallest absolute Gasteiger partial charge is 0.256 e. The second kappa shape index (κ2) is 4.07. The Morgan fingerprint density at radius 1 is 1.33 bits per heavy atom. The molecule has 0 aliphatic rings. The van der Waals surface area contributed by atoms with Gasteiger partial charge in [-0.1, -0.05) is 17.7 Å². The van der Waals surface area contributed by atoms with Gasteiger partial charge in [-0.05, 0) is 13.0 Å². The minimum Gasteiger partial charge on any atom is -0.256 e. The predicted molar refractivity (Wildman–Crippen MR) is 69.3 cm³/mol. The van der Waals surface area contributed by atoms with Crippen LogP contribution in [0.15, 0.2) is 36.8 Å². The molecule has 0 unspecified atom stereocenters. The van der Waals surface area contributed by atoms with Crippen LogP contribution in [-0.2, 0) is 7.05 Å². The fourth-order valence-corrected chi connectivity index (χ4v) is 2.22. The summed E-state index contributed by atoms with van der Waals surface area (Å²) in [6, 6.07) is 6.05. The van der Waals surface area contributed by atoms with Crippen LogP contribution in [-0.4, -0.2) is 14.4 Å². The third-order valence-electron chi connectivity index (χ3n) is 2.94. The van der Waals surface area contributed by atoms with Crippen LogP contribution in [0.5, 0.6) is 0 Å². The van der Waals surface area contributed by atoms with Gasteiger partial charge in [0.15, 0.2) is 5.69 Å². The zero-order valence-electron chi connectivity index (χ0n) is 10.1. The molecule has 5 heteroatoms. The van der Waals surface area contributed by atoms with Gasteiger partial charge in [-0.3, -0.25) is 4.98 Å². The summed E-state index contributed by atoms with van der Waals surface area (Å²) in [5.41, 5.74) is 3.75. The lowest BCUT2D eigenvalue weighted by molar-refractivity contribution is -0.644. The van der Waals surface area contributed by atoms with Gasteiger partial charge in [0.05, 0.1) is 25.1 Å². The molecule has 4 nitrogen and oxygen atoms in total. The molecule has 3 rings (SSSR count). The maximum atomic E-state index is 5.94. The monoisotopic (exact) mass is 259 g/mol. The maximum Gasteiger partial charge on any atom is 0.286 e. The quantitative estimate of drug-likeness (QED) is 0.628.